The van der Waals surface area contributed by atoms with Gasteiger partial charge in [0.25, 0.3) is 0 Å². The van der Waals surface area contributed by atoms with Crippen LogP contribution in [0.1, 0.15) is 20.8 Å². The summed E-state index contributed by atoms with van der Waals surface area (Å²) in [5, 5.41) is 94.2. The van der Waals surface area contributed by atoms with Crippen LogP contribution >= 0.6 is 0 Å². The van der Waals surface area contributed by atoms with Crippen LogP contribution in [-0.2, 0) is 19.1 Å². The molecular formula is C31H34O18. The molecule has 11 atom stereocenters. The average Bonchev–Trinajstić information content (AvgIpc) is 3.02. The summed E-state index contributed by atoms with van der Waals surface area (Å²) in [6.45, 7) is 3.49. The molecule has 0 amide bonds. The highest BCUT2D eigenvalue weighted by molar-refractivity contribution is 5.88. The Morgan fingerprint density at radius 3 is 2.00 bits per heavy atom. The third-order valence-electron chi connectivity index (χ3n) is 8.03. The molecule has 2 fully saturated rings. The van der Waals surface area contributed by atoms with E-state index in [1.54, 1.807) is 0 Å². The van der Waals surface area contributed by atoms with E-state index in [0.29, 0.717) is 0 Å². The summed E-state index contributed by atoms with van der Waals surface area (Å²) in [7, 11) is 0. The lowest BCUT2D eigenvalue weighted by Crippen LogP contribution is -2.67. The van der Waals surface area contributed by atoms with E-state index in [4.69, 9.17) is 28.1 Å². The van der Waals surface area contributed by atoms with E-state index in [2.05, 4.69) is 0 Å². The van der Waals surface area contributed by atoms with Crippen LogP contribution in [0.4, 0.5) is 0 Å². The molecule has 18 heteroatoms. The van der Waals surface area contributed by atoms with Gasteiger partial charge in [-0.3, -0.25) is 14.4 Å². The molecule has 49 heavy (non-hydrogen) atoms. The predicted octanol–water partition coefficient (Wildman–Crippen LogP) is -1.86. The van der Waals surface area contributed by atoms with E-state index in [9.17, 15) is 60.3 Å². The van der Waals surface area contributed by atoms with Crippen molar-refractivity contribution in [1.82, 2.24) is 0 Å². The van der Waals surface area contributed by atoms with Crippen LogP contribution in [0.25, 0.3) is 22.3 Å². The molecule has 3 heterocycles. The van der Waals surface area contributed by atoms with Gasteiger partial charge in [0.05, 0.1) is 6.10 Å². The van der Waals surface area contributed by atoms with Crippen LogP contribution in [0, 0.1) is 0 Å². The second-order valence-corrected chi connectivity index (χ2v) is 11.6. The molecule has 0 saturated carbocycles. The zero-order chi connectivity index (χ0) is 36.1. The SMILES string of the molecule is CC(=O)Oc1ccc(-c2oc3cc(O)cc(O)c3c(=O)c2O[C@@H]2O[C@H](C(O)[C@@H]3O[C@@H](C)[C@H](O)[C@@H](O)[C@H]3O)[C@H](O)[C@H](O)[C@H]2O)cc1OC(C)=O. The first-order valence-corrected chi connectivity index (χ1v) is 14.8. The normalized spacial score (nSPS) is 30.8. The molecule has 5 rings (SSSR count). The van der Waals surface area contributed by atoms with Crippen LogP contribution in [0.3, 0.4) is 0 Å². The molecule has 1 aromatic heterocycles. The number of hydrogen-bond donors (Lipinski definition) is 9. The minimum atomic E-state index is -2.12. The van der Waals surface area contributed by atoms with E-state index in [1.165, 1.54) is 19.1 Å². The second-order valence-electron chi connectivity index (χ2n) is 11.6. The maximum atomic E-state index is 13.9. The molecule has 0 bridgehead atoms. The van der Waals surface area contributed by atoms with Gasteiger partial charge in [0, 0.05) is 31.5 Å². The van der Waals surface area contributed by atoms with Gasteiger partial charge >= 0.3 is 11.9 Å². The van der Waals surface area contributed by atoms with Crippen LogP contribution in [0.2, 0.25) is 0 Å². The van der Waals surface area contributed by atoms with Gasteiger partial charge in [-0.05, 0) is 25.1 Å². The third-order valence-corrected chi connectivity index (χ3v) is 8.03. The Bertz CT molecular complexity index is 1790. The zero-order valence-electron chi connectivity index (χ0n) is 25.9. The van der Waals surface area contributed by atoms with Crippen molar-refractivity contribution < 1.29 is 83.6 Å². The summed E-state index contributed by atoms with van der Waals surface area (Å²) in [6, 6.07) is 5.37. The standard InChI is InChI=1S/C31H34O18/c1-9-19(36)21(38)23(40)28(44-9)26(43)29-24(41)22(39)25(42)31(48-29)49-30-20(37)18-14(35)7-13(34)8-17(18)47-27(30)12-4-5-15(45-10(2)32)16(6-12)46-11(3)33/h4-9,19,21-26,28-29,31,34-36,38-43H,1-3H3/t9-,19-,21+,22-,23+,24+,25+,26?,28+,29-,31-/m0/s1. The number of aromatic hydroxyl groups is 2. The van der Waals surface area contributed by atoms with Crippen molar-refractivity contribution >= 4 is 22.9 Å². The number of phenols is 2. The fraction of sp³-hybridized carbons (Fsp3) is 0.452. The lowest BCUT2D eigenvalue weighted by Gasteiger charge is -2.46. The van der Waals surface area contributed by atoms with E-state index in [-0.39, 0.29) is 22.6 Å². The molecule has 0 radical (unpaired) electrons. The number of rotatable bonds is 7. The maximum Gasteiger partial charge on any atom is 0.308 e. The van der Waals surface area contributed by atoms with Crippen molar-refractivity contribution in [2.24, 2.45) is 0 Å². The fourth-order valence-corrected chi connectivity index (χ4v) is 5.61. The average molecular weight is 695 g/mol. The van der Waals surface area contributed by atoms with Gasteiger partial charge in [0.15, 0.2) is 17.3 Å². The number of carbonyl (C=O) groups excluding carboxylic acids is 2. The third kappa shape index (κ3) is 6.91. The Morgan fingerprint density at radius 1 is 0.776 bits per heavy atom. The minimum Gasteiger partial charge on any atom is -0.508 e. The molecular weight excluding hydrogens is 660 g/mol. The molecule has 3 aromatic rings. The Balaban J connectivity index is 1.60. The largest absolute Gasteiger partial charge is 0.508 e. The molecule has 1 unspecified atom stereocenters. The van der Waals surface area contributed by atoms with Crippen molar-refractivity contribution in [3.63, 3.8) is 0 Å². The van der Waals surface area contributed by atoms with Crippen LogP contribution in [0.15, 0.2) is 39.5 Å². The molecule has 2 saturated heterocycles. The second kappa shape index (κ2) is 13.9. The van der Waals surface area contributed by atoms with Gasteiger partial charge in [-0.25, -0.2) is 0 Å². The highest BCUT2D eigenvalue weighted by atomic mass is 16.7. The van der Waals surface area contributed by atoms with Gasteiger partial charge in [-0.1, -0.05) is 0 Å². The van der Waals surface area contributed by atoms with Crippen molar-refractivity contribution in [2.45, 2.75) is 88.1 Å². The van der Waals surface area contributed by atoms with E-state index in [1.807, 2.05) is 0 Å². The van der Waals surface area contributed by atoms with Gasteiger partial charge in [-0.15, -0.1) is 0 Å². The predicted molar refractivity (Wildman–Crippen MR) is 160 cm³/mol. The minimum absolute atomic E-state index is 0.0910. The summed E-state index contributed by atoms with van der Waals surface area (Å²) in [5.41, 5.74) is -1.57. The molecule has 266 valence electrons. The molecule has 18 nitrogen and oxygen atoms in total. The monoisotopic (exact) mass is 694 g/mol. The number of benzene rings is 2. The van der Waals surface area contributed by atoms with E-state index >= 15 is 0 Å². The van der Waals surface area contributed by atoms with Crippen molar-refractivity contribution in [3.05, 3.63) is 40.6 Å². The number of carbonyl (C=O) groups is 2. The van der Waals surface area contributed by atoms with Gasteiger partial charge < -0.3 is 74.1 Å². The van der Waals surface area contributed by atoms with Crippen LogP contribution in [0.5, 0.6) is 28.7 Å². The first-order chi connectivity index (χ1) is 23.0. The maximum absolute atomic E-state index is 13.9. The first kappa shape index (κ1) is 35.9. The summed E-state index contributed by atoms with van der Waals surface area (Å²) >= 11 is 0. The van der Waals surface area contributed by atoms with Crippen molar-refractivity contribution in [3.8, 4) is 40.1 Å². The Kier molecular flexibility index (Phi) is 10.2. The molecule has 2 aliphatic heterocycles. The molecule has 2 aliphatic rings. The molecule has 2 aromatic carbocycles. The fourth-order valence-electron chi connectivity index (χ4n) is 5.61. The summed E-state index contributed by atoms with van der Waals surface area (Å²) in [5.74, 6) is -4.64. The molecule has 0 spiro atoms. The van der Waals surface area contributed by atoms with E-state index < -0.39 is 113 Å². The quantitative estimate of drug-likeness (QED) is 0.0967. The molecule has 9 N–H and O–H groups in total. The number of esters is 2. The highest BCUT2D eigenvalue weighted by Crippen LogP contribution is 2.40. The summed E-state index contributed by atoms with van der Waals surface area (Å²) < 4.78 is 32.9. The van der Waals surface area contributed by atoms with E-state index in [0.717, 1.165) is 32.0 Å². The first-order valence-electron chi connectivity index (χ1n) is 14.8. The van der Waals surface area contributed by atoms with Crippen LogP contribution in [-0.4, -0.2) is 125 Å². The topological polar surface area (TPSA) is 293 Å². The van der Waals surface area contributed by atoms with Crippen molar-refractivity contribution in [2.75, 3.05) is 0 Å². The highest BCUT2D eigenvalue weighted by Gasteiger charge is 2.53. The lowest BCUT2D eigenvalue weighted by molar-refractivity contribution is -0.311. The summed E-state index contributed by atoms with van der Waals surface area (Å²) in [6.07, 6.45) is -20.4. The Labute approximate surface area is 275 Å². The van der Waals surface area contributed by atoms with Gasteiger partial charge in [0.2, 0.25) is 17.5 Å². The number of aliphatic hydroxyl groups excluding tert-OH is 7. The lowest BCUT2D eigenvalue weighted by atomic mass is 9.87. The summed E-state index contributed by atoms with van der Waals surface area (Å²) in [4.78, 5) is 37.3. The zero-order valence-corrected chi connectivity index (χ0v) is 25.9. The van der Waals surface area contributed by atoms with Gasteiger partial charge in [0.1, 0.15) is 77.4 Å². The van der Waals surface area contributed by atoms with Gasteiger partial charge in [-0.2, -0.15) is 0 Å². The number of fused-ring (bicyclic) bond motifs is 1. The number of aliphatic hydroxyl groups is 7. The molecule has 0 aliphatic carbocycles. The van der Waals surface area contributed by atoms with Crippen molar-refractivity contribution in [1.29, 1.82) is 0 Å². The smallest absolute Gasteiger partial charge is 0.308 e. The number of hydrogen-bond acceptors (Lipinski definition) is 18. The Hall–Kier alpha value is -4.37. The van der Waals surface area contributed by atoms with Crippen LogP contribution < -0.4 is 19.6 Å². The number of phenolic OH excluding ortho intramolecular Hbond substituents is 2. The Morgan fingerprint density at radius 2 is 1.37 bits per heavy atom. The number of ether oxygens (including phenoxy) is 5.